The van der Waals surface area contributed by atoms with E-state index >= 15 is 0 Å². The Labute approximate surface area is 182 Å². The summed E-state index contributed by atoms with van der Waals surface area (Å²) in [5.74, 6) is -0.0985. The van der Waals surface area contributed by atoms with Crippen molar-refractivity contribution in [2.75, 3.05) is 25.0 Å². The van der Waals surface area contributed by atoms with Gasteiger partial charge in [-0.15, -0.1) is 0 Å². The summed E-state index contributed by atoms with van der Waals surface area (Å²) in [5, 5.41) is 8.58. The molecule has 2 aromatic heterocycles. The van der Waals surface area contributed by atoms with Gasteiger partial charge in [-0.3, -0.25) is 4.79 Å². The van der Waals surface area contributed by atoms with Crippen molar-refractivity contribution in [3.8, 4) is 0 Å². The van der Waals surface area contributed by atoms with E-state index in [0.717, 1.165) is 45.3 Å². The Bertz CT molecular complexity index is 1240. The van der Waals surface area contributed by atoms with Crippen LogP contribution in [0.2, 0.25) is 5.02 Å². The molecule has 4 aromatic rings. The first-order valence-electron chi connectivity index (χ1n) is 9.83. The number of amides is 1. The number of fused-ring (bicyclic) bond motifs is 2. The van der Waals surface area contributed by atoms with E-state index in [0.29, 0.717) is 16.8 Å². The number of nitrogens with zero attached hydrogens (tertiary/aromatic N) is 2. The van der Waals surface area contributed by atoms with E-state index in [4.69, 9.17) is 21.3 Å². The van der Waals surface area contributed by atoms with Crippen molar-refractivity contribution in [2.24, 2.45) is 7.05 Å². The van der Waals surface area contributed by atoms with Gasteiger partial charge >= 0.3 is 0 Å². The number of halogens is 1. The number of benzene rings is 2. The van der Waals surface area contributed by atoms with E-state index in [1.807, 2.05) is 54.2 Å². The van der Waals surface area contributed by atoms with Gasteiger partial charge in [0.15, 0.2) is 5.13 Å². The zero-order valence-electron chi connectivity index (χ0n) is 16.4. The van der Waals surface area contributed by atoms with Crippen LogP contribution >= 0.6 is 22.9 Å². The molecule has 30 heavy (non-hydrogen) atoms. The molecule has 0 spiro atoms. The fourth-order valence-electron chi connectivity index (χ4n) is 3.97. The first-order valence-corrected chi connectivity index (χ1v) is 11.0. The highest BCUT2D eigenvalue weighted by Gasteiger charge is 2.20. The SMILES string of the molecule is Cn1cc(CC(=O)Nc2nc3c(C4CNCCO4)cccc3s2)c2cc(Cl)ccc21. The Balaban J connectivity index is 1.38. The van der Waals surface area contributed by atoms with Crippen LogP contribution in [0.4, 0.5) is 5.13 Å². The monoisotopic (exact) mass is 440 g/mol. The molecule has 8 heteroatoms. The predicted octanol–water partition coefficient (Wildman–Crippen LogP) is 4.28. The maximum atomic E-state index is 12.8. The standard InChI is InChI=1S/C22H21ClN4O2S/c1-27-12-13(16-10-14(23)5-6-17(16)27)9-20(28)25-22-26-21-15(3-2-4-19(21)30-22)18-11-24-7-8-29-18/h2-6,10,12,18,24H,7-9,11H2,1H3,(H,25,26,28). The molecule has 0 bridgehead atoms. The summed E-state index contributed by atoms with van der Waals surface area (Å²) in [7, 11) is 1.97. The molecule has 1 amide bonds. The largest absolute Gasteiger partial charge is 0.371 e. The van der Waals surface area contributed by atoms with E-state index in [1.54, 1.807) is 0 Å². The first kappa shape index (κ1) is 19.5. The summed E-state index contributed by atoms with van der Waals surface area (Å²) in [6.07, 6.45) is 2.22. The maximum absolute atomic E-state index is 12.8. The number of hydrogen-bond acceptors (Lipinski definition) is 5. The Morgan fingerprint density at radius 1 is 1.40 bits per heavy atom. The fraction of sp³-hybridized carbons (Fsp3) is 0.273. The van der Waals surface area contributed by atoms with Crippen molar-refractivity contribution in [2.45, 2.75) is 12.5 Å². The van der Waals surface area contributed by atoms with E-state index in [2.05, 4.69) is 10.6 Å². The van der Waals surface area contributed by atoms with E-state index in [9.17, 15) is 4.79 Å². The quantitative estimate of drug-likeness (QED) is 0.497. The van der Waals surface area contributed by atoms with Crippen LogP contribution in [0, 0.1) is 0 Å². The second-order valence-corrected chi connectivity index (χ2v) is 8.90. The average Bonchev–Trinajstić information content (AvgIpc) is 3.28. The van der Waals surface area contributed by atoms with E-state index in [1.165, 1.54) is 11.3 Å². The van der Waals surface area contributed by atoms with Crippen molar-refractivity contribution in [1.29, 1.82) is 0 Å². The highest BCUT2D eigenvalue weighted by Crippen LogP contribution is 2.33. The smallest absolute Gasteiger partial charge is 0.230 e. The Hall–Kier alpha value is -2.45. The molecule has 154 valence electrons. The number of thiazole rings is 1. The average molecular weight is 441 g/mol. The molecule has 0 aliphatic carbocycles. The molecule has 1 fully saturated rings. The van der Waals surface area contributed by atoms with E-state index in [-0.39, 0.29) is 18.4 Å². The molecule has 3 heterocycles. The van der Waals surface area contributed by atoms with Crippen LogP contribution in [-0.4, -0.2) is 35.2 Å². The molecule has 1 saturated heterocycles. The minimum Gasteiger partial charge on any atom is -0.371 e. The number of anilines is 1. The second kappa shape index (κ2) is 8.00. The van der Waals surface area contributed by atoms with Gasteiger partial charge in [0.25, 0.3) is 0 Å². The number of rotatable bonds is 4. The molecular weight excluding hydrogens is 420 g/mol. The third-order valence-corrected chi connectivity index (χ3v) is 6.53. The first-order chi connectivity index (χ1) is 14.6. The molecule has 1 atom stereocenters. The lowest BCUT2D eigenvalue weighted by Crippen LogP contribution is -2.33. The zero-order valence-corrected chi connectivity index (χ0v) is 18.0. The fourth-order valence-corrected chi connectivity index (χ4v) is 5.06. The van der Waals surface area contributed by atoms with Crippen LogP contribution < -0.4 is 10.6 Å². The minimum atomic E-state index is -0.0985. The highest BCUT2D eigenvalue weighted by molar-refractivity contribution is 7.22. The third-order valence-electron chi connectivity index (χ3n) is 5.36. The van der Waals surface area contributed by atoms with Gasteiger partial charge in [0.05, 0.1) is 29.3 Å². The number of hydrogen-bond donors (Lipinski definition) is 2. The van der Waals surface area contributed by atoms with Gasteiger partial charge in [0, 0.05) is 47.8 Å². The normalized spacial score (nSPS) is 16.9. The molecule has 0 radical (unpaired) electrons. The number of para-hydroxylation sites is 1. The number of aromatic nitrogens is 2. The van der Waals surface area contributed by atoms with Gasteiger partial charge in [0.1, 0.15) is 0 Å². The van der Waals surface area contributed by atoms with Crippen molar-refractivity contribution >= 4 is 55.1 Å². The van der Waals surface area contributed by atoms with Crippen molar-refractivity contribution in [3.63, 3.8) is 0 Å². The second-order valence-electron chi connectivity index (χ2n) is 7.43. The summed E-state index contributed by atoms with van der Waals surface area (Å²) >= 11 is 7.64. The predicted molar refractivity (Wildman–Crippen MR) is 121 cm³/mol. The van der Waals surface area contributed by atoms with Crippen LogP contribution in [0.3, 0.4) is 0 Å². The number of aryl methyl sites for hydroxylation is 1. The van der Waals surface area contributed by atoms with Crippen LogP contribution in [0.15, 0.2) is 42.6 Å². The van der Waals surface area contributed by atoms with Gasteiger partial charge in [-0.1, -0.05) is 35.1 Å². The number of ether oxygens (including phenoxy) is 1. The highest BCUT2D eigenvalue weighted by atomic mass is 35.5. The third kappa shape index (κ3) is 3.70. The number of carbonyl (C=O) groups is 1. The molecule has 1 aliphatic rings. The molecule has 6 nitrogen and oxygen atoms in total. The van der Waals surface area contributed by atoms with E-state index < -0.39 is 0 Å². The number of carbonyl (C=O) groups excluding carboxylic acids is 1. The number of nitrogens with one attached hydrogen (secondary N) is 2. The molecule has 5 rings (SSSR count). The lowest BCUT2D eigenvalue weighted by Gasteiger charge is -2.24. The molecule has 2 aromatic carbocycles. The summed E-state index contributed by atoms with van der Waals surface area (Å²) < 4.78 is 8.94. The summed E-state index contributed by atoms with van der Waals surface area (Å²) in [6, 6.07) is 11.8. The van der Waals surface area contributed by atoms with Crippen molar-refractivity contribution < 1.29 is 9.53 Å². The maximum Gasteiger partial charge on any atom is 0.230 e. The Morgan fingerprint density at radius 2 is 2.30 bits per heavy atom. The molecule has 2 N–H and O–H groups in total. The lowest BCUT2D eigenvalue weighted by atomic mass is 10.1. The molecular formula is C22H21ClN4O2S. The Kier molecular flexibility index (Phi) is 5.20. The zero-order chi connectivity index (χ0) is 20.7. The van der Waals surface area contributed by atoms with Crippen LogP contribution in [0.5, 0.6) is 0 Å². The van der Waals surface area contributed by atoms with Crippen LogP contribution in [0.25, 0.3) is 21.1 Å². The van der Waals surface area contributed by atoms with Crippen LogP contribution in [0.1, 0.15) is 17.2 Å². The van der Waals surface area contributed by atoms with Gasteiger partial charge in [-0.05, 0) is 29.8 Å². The summed E-state index contributed by atoms with van der Waals surface area (Å²) in [6.45, 7) is 2.32. The molecule has 1 unspecified atom stereocenters. The van der Waals surface area contributed by atoms with Crippen molar-refractivity contribution in [3.05, 3.63) is 58.7 Å². The van der Waals surface area contributed by atoms with Crippen molar-refractivity contribution in [1.82, 2.24) is 14.9 Å². The molecule has 1 aliphatic heterocycles. The van der Waals surface area contributed by atoms with Gasteiger partial charge in [0.2, 0.25) is 5.91 Å². The lowest BCUT2D eigenvalue weighted by molar-refractivity contribution is -0.115. The van der Waals surface area contributed by atoms with Crippen LogP contribution in [-0.2, 0) is 23.0 Å². The minimum absolute atomic E-state index is 0.0199. The number of morpholine rings is 1. The Morgan fingerprint density at radius 3 is 3.13 bits per heavy atom. The topological polar surface area (TPSA) is 68.2 Å². The van der Waals surface area contributed by atoms with Gasteiger partial charge < -0.3 is 19.9 Å². The molecule has 0 saturated carbocycles. The van der Waals surface area contributed by atoms with Gasteiger partial charge in [-0.25, -0.2) is 4.98 Å². The summed E-state index contributed by atoms with van der Waals surface area (Å²) in [5.41, 5.74) is 3.94. The summed E-state index contributed by atoms with van der Waals surface area (Å²) in [4.78, 5) is 17.5. The van der Waals surface area contributed by atoms with Gasteiger partial charge in [-0.2, -0.15) is 0 Å².